The van der Waals surface area contributed by atoms with Crippen molar-refractivity contribution < 1.29 is 5.11 Å². The lowest BCUT2D eigenvalue weighted by Gasteiger charge is -1.95. The van der Waals surface area contributed by atoms with Crippen molar-refractivity contribution >= 4 is 22.0 Å². The van der Waals surface area contributed by atoms with Crippen molar-refractivity contribution in [3.05, 3.63) is 35.7 Å². The third-order valence-electron chi connectivity index (χ3n) is 1.59. The van der Waals surface area contributed by atoms with E-state index >= 15 is 0 Å². The van der Waals surface area contributed by atoms with Gasteiger partial charge in [-0.15, -0.1) is 0 Å². The third-order valence-corrected chi connectivity index (χ3v) is 2.05. The van der Waals surface area contributed by atoms with Gasteiger partial charge in [0.2, 0.25) is 0 Å². The summed E-state index contributed by atoms with van der Waals surface area (Å²) < 4.78 is 0. The maximum atomic E-state index is 8.78. The van der Waals surface area contributed by atoms with E-state index in [1.54, 1.807) is 6.20 Å². The number of alkyl halides is 1. The summed E-state index contributed by atoms with van der Waals surface area (Å²) in [4.78, 5) is 4.16. The summed E-state index contributed by atoms with van der Waals surface area (Å²) >= 11 is 3.34. The highest BCUT2D eigenvalue weighted by molar-refractivity contribution is 9.09. The summed E-state index contributed by atoms with van der Waals surface area (Å²) in [5.74, 6) is 0. The van der Waals surface area contributed by atoms with Gasteiger partial charge in [-0.25, -0.2) is 0 Å². The lowest BCUT2D eigenvalue weighted by atomic mass is 10.2. The molecule has 0 atom stereocenters. The minimum atomic E-state index is 0.0540. The zero-order valence-electron chi connectivity index (χ0n) is 7.28. The average Bonchev–Trinajstić information content (AvgIpc) is 2.19. The van der Waals surface area contributed by atoms with Crippen molar-refractivity contribution in [2.75, 3.05) is 5.33 Å². The molecule has 0 fully saturated rings. The molecule has 2 nitrogen and oxygen atoms in total. The van der Waals surface area contributed by atoms with Gasteiger partial charge in [-0.2, -0.15) is 0 Å². The molecule has 0 unspecified atom stereocenters. The normalized spacial score (nSPS) is 10.9. The zero-order chi connectivity index (χ0) is 9.52. The molecule has 0 bridgehead atoms. The molecule has 0 aliphatic rings. The first-order chi connectivity index (χ1) is 6.36. The molecule has 0 amide bonds. The Balaban J connectivity index is 2.58. The van der Waals surface area contributed by atoms with Crippen molar-refractivity contribution in [1.29, 1.82) is 0 Å². The SMILES string of the molecule is OCc1ccc(C=CCCBr)nc1. The highest BCUT2D eigenvalue weighted by atomic mass is 79.9. The van der Waals surface area contributed by atoms with E-state index in [9.17, 15) is 0 Å². The van der Waals surface area contributed by atoms with E-state index in [4.69, 9.17) is 5.11 Å². The van der Waals surface area contributed by atoms with Gasteiger partial charge in [-0.05, 0) is 24.1 Å². The molecular weight excluding hydrogens is 230 g/mol. The first-order valence-corrected chi connectivity index (χ1v) is 5.27. The van der Waals surface area contributed by atoms with E-state index < -0.39 is 0 Å². The maximum Gasteiger partial charge on any atom is 0.0696 e. The molecule has 0 radical (unpaired) electrons. The molecule has 1 N–H and O–H groups in total. The van der Waals surface area contributed by atoms with Gasteiger partial charge in [0, 0.05) is 11.5 Å². The monoisotopic (exact) mass is 241 g/mol. The van der Waals surface area contributed by atoms with Crippen LogP contribution >= 0.6 is 15.9 Å². The first kappa shape index (κ1) is 10.4. The fourth-order valence-electron chi connectivity index (χ4n) is 0.895. The number of hydrogen-bond donors (Lipinski definition) is 1. The van der Waals surface area contributed by atoms with Crippen molar-refractivity contribution in [1.82, 2.24) is 4.98 Å². The second-order valence-corrected chi connectivity index (χ2v) is 3.42. The van der Waals surface area contributed by atoms with Crippen LogP contribution in [0.25, 0.3) is 6.08 Å². The number of aromatic nitrogens is 1. The second kappa shape index (κ2) is 5.89. The zero-order valence-corrected chi connectivity index (χ0v) is 8.87. The Labute approximate surface area is 86.4 Å². The molecule has 0 saturated heterocycles. The minimum Gasteiger partial charge on any atom is -0.392 e. The smallest absolute Gasteiger partial charge is 0.0696 e. The molecule has 13 heavy (non-hydrogen) atoms. The van der Waals surface area contributed by atoms with Crippen LogP contribution in [0, 0.1) is 0 Å². The van der Waals surface area contributed by atoms with Crippen LogP contribution in [0.2, 0.25) is 0 Å². The van der Waals surface area contributed by atoms with Crippen LogP contribution in [0.4, 0.5) is 0 Å². The van der Waals surface area contributed by atoms with E-state index in [-0.39, 0.29) is 6.61 Å². The summed E-state index contributed by atoms with van der Waals surface area (Å²) in [6.07, 6.45) is 6.73. The van der Waals surface area contributed by atoms with E-state index in [2.05, 4.69) is 27.0 Å². The van der Waals surface area contributed by atoms with E-state index in [1.165, 1.54) is 0 Å². The molecule has 0 saturated carbocycles. The lowest BCUT2D eigenvalue weighted by molar-refractivity contribution is 0.281. The van der Waals surface area contributed by atoms with Gasteiger partial charge in [0.1, 0.15) is 0 Å². The summed E-state index contributed by atoms with van der Waals surface area (Å²) in [5, 5.41) is 9.75. The molecule has 1 rings (SSSR count). The summed E-state index contributed by atoms with van der Waals surface area (Å²) in [7, 11) is 0. The van der Waals surface area contributed by atoms with Gasteiger partial charge in [0.05, 0.1) is 12.3 Å². The predicted molar refractivity (Wildman–Crippen MR) is 57.6 cm³/mol. The molecule has 70 valence electrons. The number of allylic oxidation sites excluding steroid dienone is 1. The standard InChI is InChI=1S/C10H12BrNO/c11-6-2-1-3-10-5-4-9(8-13)7-12-10/h1,3-5,7,13H,2,6,8H2. The molecule has 1 aromatic rings. The van der Waals surface area contributed by atoms with Gasteiger partial charge in [-0.3, -0.25) is 4.98 Å². The fraction of sp³-hybridized carbons (Fsp3) is 0.300. The quantitative estimate of drug-likeness (QED) is 0.822. The van der Waals surface area contributed by atoms with Crippen molar-refractivity contribution in [3.63, 3.8) is 0 Å². The van der Waals surface area contributed by atoms with Gasteiger partial charge < -0.3 is 5.11 Å². The first-order valence-electron chi connectivity index (χ1n) is 4.15. The third kappa shape index (κ3) is 3.70. The maximum absolute atomic E-state index is 8.78. The van der Waals surface area contributed by atoms with E-state index in [1.807, 2.05) is 18.2 Å². The lowest BCUT2D eigenvalue weighted by Crippen LogP contribution is -1.86. The topological polar surface area (TPSA) is 33.1 Å². The van der Waals surface area contributed by atoms with Gasteiger partial charge in [-0.1, -0.05) is 28.1 Å². The fourth-order valence-corrected chi connectivity index (χ4v) is 1.16. The Bertz CT molecular complexity index is 269. The molecule has 1 aromatic heterocycles. The number of rotatable bonds is 4. The van der Waals surface area contributed by atoms with Crippen LogP contribution in [0.3, 0.4) is 0 Å². The molecule has 0 aromatic carbocycles. The largest absolute Gasteiger partial charge is 0.392 e. The molecule has 0 aliphatic heterocycles. The second-order valence-electron chi connectivity index (χ2n) is 2.63. The Morgan fingerprint density at radius 3 is 2.85 bits per heavy atom. The van der Waals surface area contributed by atoms with E-state index in [0.29, 0.717) is 0 Å². The number of nitrogens with zero attached hydrogens (tertiary/aromatic N) is 1. The van der Waals surface area contributed by atoms with Gasteiger partial charge in [0.15, 0.2) is 0 Å². The van der Waals surface area contributed by atoms with Crippen LogP contribution < -0.4 is 0 Å². The number of halogens is 1. The average molecular weight is 242 g/mol. The number of aliphatic hydroxyl groups is 1. The predicted octanol–water partition coefficient (Wildman–Crippen LogP) is 2.37. The van der Waals surface area contributed by atoms with Crippen LogP contribution in [0.15, 0.2) is 24.4 Å². The molecule has 1 heterocycles. The molecule has 0 spiro atoms. The van der Waals surface area contributed by atoms with Crippen molar-refractivity contribution in [3.8, 4) is 0 Å². The number of hydrogen-bond acceptors (Lipinski definition) is 2. The summed E-state index contributed by atoms with van der Waals surface area (Å²) in [6, 6.07) is 3.77. The number of aliphatic hydroxyl groups excluding tert-OH is 1. The Hall–Kier alpha value is -0.670. The van der Waals surface area contributed by atoms with Crippen LogP contribution in [0.1, 0.15) is 17.7 Å². The van der Waals surface area contributed by atoms with Crippen LogP contribution in [-0.4, -0.2) is 15.4 Å². The Morgan fingerprint density at radius 1 is 1.46 bits per heavy atom. The van der Waals surface area contributed by atoms with Gasteiger partial charge >= 0.3 is 0 Å². The summed E-state index contributed by atoms with van der Waals surface area (Å²) in [6.45, 7) is 0.0540. The van der Waals surface area contributed by atoms with Crippen LogP contribution in [-0.2, 0) is 6.61 Å². The van der Waals surface area contributed by atoms with Crippen molar-refractivity contribution in [2.24, 2.45) is 0 Å². The Kier molecular flexibility index (Phi) is 4.72. The summed E-state index contributed by atoms with van der Waals surface area (Å²) in [5.41, 5.74) is 1.77. The van der Waals surface area contributed by atoms with E-state index in [0.717, 1.165) is 23.0 Å². The molecule has 3 heteroatoms. The highest BCUT2D eigenvalue weighted by Crippen LogP contribution is 2.02. The highest BCUT2D eigenvalue weighted by Gasteiger charge is 1.90. The Morgan fingerprint density at radius 2 is 2.31 bits per heavy atom. The van der Waals surface area contributed by atoms with Crippen LogP contribution in [0.5, 0.6) is 0 Å². The number of pyridine rings is 1. The minimum absolute atomic E-state index is 0.0540. The molecule has 0 aliphatic carbocycles. The van der Waals surface area contributed by atoms with Gasteiger partial charge in [0.25, 0.3) is 0 Å². The van der Waals surface area contributed by atoms with Crippen molar-refractivity contribution in [2.45, 2.75) is 13.0 Å². The molecular formula is C10H12BrNO.